The molecule has 0 unspecified atom stereocenters. The predicted octanol–water partition coefficient (Wildman–Crippen LogP) is 1.96. The summed E-state index contributed by atoms with van der Waals surface area (Å²) in [5, 5.41) is 21.0. The summed E-state index contributed by atoms with van der Waals surface area (Å²) in [5.74, 6) is -0.193. The van der Waals surface area contributed by atoms with Gasteiger partial charge in [0.2, 0.25) is 0 Å². The highest BCUT2D eigenvalue weighted by atomic mass is 16.6. The monoisotopic (exact) mass is 372 g/mol. The maximum atomic E-state index is 12.6. The predicted molar refractivity (Wildman–Crippen MR) is 97.7 cm³/mol. The summed E-state index contributed by atoms with van der Waals surface area (Å²) in [4.78, 5) is 24.5. The minimum atomic E-state index is -1.50. The molecule has 0 aromatic rings. The molecule has 5 rings (SSSR count). The van der Waals surface area contributed by atoms with Crippen LogP contribution in [0.15, 0.2) is 23.8 Å². The molecule has 27 heavy (non-hydrogen) atoms. The molecular weight excluding hydrogens is 344 g/mol. The van der Waals surface area contributed by atoms with Crippen molar-refractivity contribution in [1.82, 2.24) is 0 Å². The Morgan fingerprint density at radius 3 is 2.78 bits per heavy atom. The molecule has 0 aromatic heterocycles. The number of aliphatic hydroxyl groups is 2. The first-order valence-corrected chi connectivity index (χ1v) is 10.1. The van der Waals surface area contributed by atoms with E-state index in [4.69, 9.17) is 4.74 Å². The van der Waals surface area contributed by atoms with Crippen LogP contribution in [0.1, 0.15) is 46.5 Å². The molecule has 8 atom stereocenters. The number of fused-ring (bicyclic) bond motifs is 3. The Hall–Kier alpha value is -1.30. The number of Topliss-reactive ketones (excluding diaryl/α,β-unsaturated/α-hetero) is 1. The molecule has 5 aliphatic rings. The fourth-order valence-electron chi connectivity index (χ4n) is 7.70. The summed E-state index contributed by atoms with van der Waals surface area (Å²) in [6.07, 6.45) is 8.58. The van der Waals surface area contributed by atoms with E-state index in [0.717, 1.165) is 24.8 Å². The van der Waals surface area contributed by atoms with Crippen LogP contribution in [-0.2, 0) is 14.3 Å². The second-order valence-electron chi connectivity index (χ2n) is 9.86. The van der Waals surface area contributed by atoms with Gasteiger partial charge in [-0.15, -0.1) is 0 Å². The molecule has 146 valence electrons. The van der Waals surface area contributed by atoms with Crippen molar-refractivity contribution in [3.05, 3.63) is 23.8 Å². The number of ketones is 2. The topological polar surface area (TPSA) is 87.1 Å². The number of ether oxygens (including phenoxy) is 1. The Morgan fingerprint density at radius 2 is 2.07 bits per heavy atom. The zero-order valence-electron chi connectivity index (χ0n) is 16.2. The number of carbonyl (C=O) groups excluding carboxylic acids is 2. The fourth-order valence-corrected chi connectivity index (χ4v) is 7.70. The lowest BCUT2D eigenvalue weighted by molar-refractivity contribution is -0.165. The van der Waals surface area contributed by atoms with Gasteiger partial charge in [0.05, 0.1) is 6.10 Å². The van der Waals surface area contributed by atoms with Crippen LogP contribution >= 0.6 is 0 Å². The van der Waals surface area contributed by atoms with E-state index in [1.807, 2.05) is 19.9 Å². The van der Waals surface area contributed by atoms with Crippen LogP contribution in [0.25, 0.3) is 0 Å². The highest BCUT2D eigenvalue weighted by Gasteiger charge is 2.81. The van der Waals surface area contributed by atoms with Gasteiger partial charge in [0, 0.05) is 10.8 Å². The third kappa shape index (κ3) is 1.73. The van der Waals surface area contributed by atoms with Crippen LogP contribution < -0.4 is 0 Å². The second kappa shape index (κ2) is 5.00. The van der Waals surface area contributed by atoms with Gasteiger partial charge in [-0.25, -0.2) is 0 Å². The van der Waals surface area contributed by atoms with E-state index in [1.54, 1.807) is 12.2 Å². The van der Waals surface area contributed by atoms with Crippen molar-refractivity contribution in [1.29, 1.82) is 0 Å². The van der Waals surface area contributed by atoms with Crippen LogP contribution in [-0.4, -0.2) is 45.7 Å². The first kappa shape index (κ1) is 17.8. The minimum absolute atomic E-state index is 0.0291. The van der Waals surface area contributed by atoms with Crippen molar-refractivity contribution >= 4 is 11.6 Å². The largest absolute Gasteiger partial charge is 0.388 e. The van der Waals surface area contributed by atoms with Crippen molar-refractivity contribution in [3.8, 4) is 0 Å². The zero-order chi connectivity index (χ0) is 19.4. The Balaban J connectivity index is 1.60. The van der Waals surface area contributed by atoms with Gasteiger partial charge in [-0.05, 0) is 62.5 Å². The summed E-state index contributed by atoms with van der Waals surface area (Å²) in [5.41, 5.74) is -1.55. The average Bonchev–Trinajstić information content (AvgIpc) is 3.31. The van der Waals surface area contributed by atoms with Crippen molar-refractivity contribution < 1.29 is 24.5 Å². The van der Waals surface area contributed by atoms with Crippen molar-refractivity contribution in [3.63, 3.8) is 0 Å². The van der Waals surface area contributed by atoms with Gasteiger partial charge in [0.15, 0.2) is 11.6 Å². The zero-order valence-corrected chi connectivity index (χ0v) is 16.2. The van der Waals surface area contributed by atoms with E-state index in [9.17, 15) is 19.8 Å². The van der Waals surface area contributed by atoms with Crippen LogP contribution in [0.3, 0.4) is 0 Å². The summed E-state index contributed by atoms with van der Waals surface area (Å²) in [6, 6.07) is 0. The molecule has 0 amide bonds. The lowest BCUT2D eigenvalue weighted by Crippen LogP contribution is -2.62. The normalized spacial score (nSPS) is 55.1. The van der Waals surface area contributed by atoms with Crippen LogP contribution in [0.5, 0.6) is 0 Å². The highest BCUT2D eigenvalue weighted by Crippen LogP contribution is 2.76. The van der Waals surface area contributed by atoms with Crippen LogP contribution in [0, 0.1) is 28.6 Å². The minimum Gasteiger partial charge on any atom is -0.388 e. The Labute approximate surface area is 159 Å². The fraction of sp³-hybridized carbons (Fsp3) is 0.727. The smallest absolute Gasteiger partial charge is 0.190 e. The molecule has 0 radical (unpaired) electrons. The lowest BCUT2D eigenvalue weighted by atomic mass is 9.46. The molecule has 0 aromatic carbocycles. The van der Waals surface area contributed by atoms with Gasteiger partial charge in [0.25, 0.3) is 0 Å². The molecule has 1 saturated heterocycles. The highest BCUT2D eigenvalue weighted by molar-refractivity contribution is 6.01. The summed E-state index contributed by atoms with van der Waals surface area (Å²) >= 11 is 0. The molecule has 4 aliphatic carbocycles. The molecule has 1 heterocycles. The standard InChI is InChI=1S/C22H28O5/c1-12-8-16-15-5-4-13-9-14(24)6-7-19(13,2)22(15)18(27-22)10-20(16,3)21(12,26)17(25)11-23/h6-7,9,12,15-16,18,23,26H,4-5,8,10-11H2,1-3H3/t12-,15-,16+,18+,19+,20+,21+,22-/m1/s1. The summed E-state index contributed by atoms with van der Waals surface area (Å²) < 4.78 is 6.43. The van der Waals surface area contributed by atoms with Gasteiger partial charge in [-0.2, -0.15) is 0 Å². The number of epoxide rings is 1. The Morgan fingerprint density at radius 1 is 1.33 bits per heavy atom. The first-order chi connectivity index (χ1) is 12.6. The number of hydrogen-bond donors (Lipinski definition) is 2. The third-order valence-electron chi connectivity index (χ3n) is 9.08. The number of hydrogen-bond acceptors (Lipinski definition) is 5. The summed E-state index contributed by atoms with van der Waals surface area (Å²) in [6.45, 7) is 5.51. The maximum Gasteiger partial charge on any atom is 0.190 e. The van der Waals surface area contributed by atoms with Gasteiger partial charge in [-0.1, -0.05) is 25.5 Å². The Bertz CT molecular complexity index is 814. The first-order valence-electron chi connectivity index (χ1n) is 10.1. The number of aliphatic hydroxyl groups excluding tert-OH is 1. The number of carbonyl (C=O) groups is 2. The van der Waals surface area contributed by atoms with Gasteiger partial charge in [-0.3, -0.25) is 9.59 Å². The molecule has 2 N–H and O–H groups in total. The van der Waals surface area contributed by atoms with E-state index in [0.29, 0.717) is 6.42 Å². The van der Waals surface area contributed by atoms with Crippen molar-refractivity contribution in [2.45, 2.75) is 63.8 Å². The molecule has 3 saturated carbocycles. The quantitative estimate of drug-likeness (QED) is 0.724. The molecule has 1 aliphatic heterocycles. The van der Waals surface area contributed by atoms with Gasteiger partial charge >= 0.3 is 0 Å². The van der Waals surface area contributed by atoms with E-state index < -0.39 is 23.4 Å². The summed E-state index contributed by atoms with van der Waals surface area (Å²) in [7, 11) is 0. The van der Waals surface area contributed by atoms with Gasteiger partial charge < -0.3 is 14.9 Å². The van der Waals surface area contributed by atoms with Gasteiger partial charge in [0.1, 0.15) is 17.8 Å². The SMILES string of the molecule is C[C@@H]1C[C@H]2[C@H]3CCC4=CC(=O)C=C[C@]4(C)[C@@]34O[C@H]4C[C@]2(C)[C@@]1(O)C(=O)CO. The number of rotatable bonds is 2. The van der Waals surface area contributed by atoms with Crippen LogP contribution in [0.2, 0.25) is 0 Å². The second-order valence-corrected chi connectivity index (χ2v) is 9.86. The maximum absolute atomic E-state index is 12.6. The molecule has 5 heteroatoms. The van der Waals surface area contributed by atoms with E-state index >= 15 is 0 Å². The Kier molecular flexibility index (Phi) is 3.29. The molecule has 4 fully saturated rings. The van der Waals surface area contributed by atoms with Crippen molar-refractivity contribution in [2.24, 2.45) is 28.6 Å². The molecule has 1 spiro atoms. The molecule has 0 bridgehead atoms. The average molecular weight is 372 g/mol. The number of allylic oxidation sites excluding steroid dienone is 2. The molecule has 5 nitrogen and oxygen atoms in total. The van der Waals surface area contributed by atoms with E-state index in [1.165, 1.54) is 0 Å². The molecular formula is C22H28O5. The van der Waals surface area contributed by atoms with E-state index in [2.05, 4.69) is 6.92 Å². The third-order valence-corrected chi connectivity index (χ3v) is 9.08. The van der Waals surface area contributed by atoms with Crippen LogP contribution in [0.4, 0.5) is 0 Å². The van der Waals surface area contributed by atoms with Crippen molar-refractivity contribution in [2.75, 3.05) is 6.61 Å². The van der Waals surface area contributed by atoms with E-state index in [-0.39, 0.29) is 40.7 Å². The lowest BCUT2D eigenvalue weighted by Gasteiger charge is -2.55.